The highest BCUT2D eigenvalue weighted by Crippen LogP contribution is 2.22. The second-order valence-corrected chi connectivity index (χ2v) is 6.98. The lowest BCUT2D eigenvalue weighted by Crippen LogP contribution is -2.27. The first-order valence-electron chi connectivity index (χ1n) is 6.03. The number of sulfone groups is 1. The van der Waals surface area contributed by atoms with Crippen molar-refractivity contribution in [2.24, 2.45) is 0 Å². The van der Waals surface area contributed by atoms with Crippen LogP contribution >= 0.6 is 0 Å². The predicted molar refractivity (Wildman–Crippen MR) is 72.1 cm³/mol. The number of benzene rings is 1. The molecule has 98 valence electrons. The first-order chi connectivity index (χ1) is 8.52. The monoisotopic (exact) mass is 267 g/mol. The maximum Gasteiger partial charge on any atom is 0.152 e. The molecule has 0 unspecified atom stereocenters. The Balaban J connectivity index is 2.29. The third-order valence-corrected chi connectivity index (χ3v) is 4.92. The van der Waals surface area contributed by atoms with Gasteiger partial charge in [-0.15, -0.1) is 0 Å². The molecule has 0 N–H and O–H groups in total. The quantitative estimate of drug-likeness (QED) is 0.761. The number of hydrogen-bond acceptors (Lipinski definition) is 4. The van der Waals surface area contributed by atoms with E-state index in [4.69, 9.17) is 0 Å². The lowest BCUT2D eigenvalue weighted by molar-refractivity contribution is 0.112. The smallest absolute Gasteiger partial charge is 0.152 e. The molecule has 1 aliphatic heterocycles. The van der Waals surface area contributed by atoms with Crippen LogP contribution in [0.3, 0.4) is 0 Å². The Hall–Kier alpha value is -1.36. The van der Waals surface area contributed by atoms with Crippen molar-refractivity contribution in [1.29, 1.82) is 0 Å². The van der Waals surface area contributed by atoms with Gasteiger partial charge in [-0.2, -0.15) is 0 Å². The SMILES string of the molecule is Cc1ccc(N2CCCS(=O)(=O)CC2)c(C=O)c1. The molecular weight excluding hydrogens is 250 g/mol. The molecule has 1 aromatic rings. The Morgan fingerprint density at radius 2 is 2.00 bits per heavy atom. The van der Waals surface area contributed by atoms with Crippen LogP contribution in [-0.4, -0.2) is 39.3 Å². The van der Waals surface area contributed by atoms with Crippen molar-refractivity contribution >= 4 is 21.8 Å². The first-order valence-corrected chi connectivity index (χ1v) is 7.85. The molecule has 1 aliphatic rings. The van der Waals surface area contributed by atoms with Crippen molar-refractivity contribution in [3.8, 4) is 0 Å². The van der Waals surface area contributed by atoms with Gasteiger partial charge in [0.15, 0.2) is 16.1 Å². The summed E-state index contributed by atoms with van der Waals surface area (Å²) in [7, 11) is -2.92. The van der Waals surface area contributed by atoms with Gasteiger partial charge in [0, 0.05) is 24.3 Å². The minimum atomic E-state index is -2.92. The van der Waals surface area contributed by atoms with Crippen molar-refractivity contribution in [2.75, 3.05) is 29.5 Å². The number of nitrogens with zero attached hydrogens (tertiary/aromatic N) is 1. The van der Waals surface area contributed by atoms with E-state index in [1.165, 1.54) is 0 Å². The van der Waals surface area contributed by atoms with Gasteiger partial charge >= 0.3 is 0 Å². The van der Waals surface area contributed by atoms with E-state index < -0.39 is 9.84 Å². The van der Waals surface area contributed by atoms with Crippen LogP contribution in [-0.2, 0) is 9.84 Å². The van der Waals surface area contributed by atoms with E-state index in [1.807, 2.05) is 30.0 Å². The van der Waals surface area contributed by atoms with E-state index in [9.17, 15) is 13.2 Å². The molecule has 0 aromatic heterocycles. The van der Waals surface area contributed by atoms with Gasteiger partial charge in [-0.3, -0.25) is 4.79 Å². The normalized spacial score (nSPS) is 19.3. The van der Waals surface area contributed by atoms with E-state index in [0.717, 1.165) is 17.5 Å². The highest BCUT2D eigenvalue weighted by molar-refractivity contribution is 7.91. The number of rotatable bonds is 2. The van der Waals surface area contributed by atoms with Crippen molar-refractivity contribution in [1.82, 2.24) is 0 Å². The molecule has 1 saturated heterocycles. The molecule has 18 heavy (non-hydrogen) atoms. The van der Waals surface area contributed by atoms with Gasteiger partial charge in [0.1, 0.15) is 0 Å². The maximum atomic E-state index is 11.6. The minimum Gasteiger partial charge on any atom is -0.370 e. The van der Waals surface area contributed by atoms with Crippen LogP contribution in [0.5, 0.6) is 0 Å². The Morgan fingerprint density at radius 1 is 1.22 bits per heavy atom. The number of carbonyl (C=O) groups is 1. The Bertz CT molecular complexity index is 551. The fourth-order valence-corrected chi connectivity index (χ4v) is 3.51. The van der Waals surface area contributed by atoms with E-state index in [1.54, 1.807) is 0 Å². The zero-order valence-electron chi connectivity index (χ0n) is 10.4. The van der Waals surface area contributed by atoms with Crippen LogP contribution in [0.2, 0.25) is 0 Å². The summed E-state index contributed by atoms with van der Waals surface area (Å²) >= 11 is 0. The molecule has 5 heteroatoms. The van der Waals surface area contributed by atoms with Crippen molar-refractivity contribution in [2.45, 2.75) is 13.3 Å². The van der Waals surface area contributed by atoms with Crippen LogP contribution in [0.15, 0.2) is 18.2 Å². The molecule has 0 spiro atoms. The Morgan fingerprint density at radius 3 is 2.72 bits per heavy atom. The van der Waals surface area contributed by atoms with E-state index in [0.29, 0.717) is 25.1 Å². The first kappa shape index (κ1) is 13.1. The molecule has 4 nitrogen and oxygen atoms in total. The number of carbonyl (C=O) groups excluding carboxylic acids is 1. The van der Waals surface area contributed by atoms with Gasteiger partial charge in [-0.05, 0) is 25.5 Å². The third-order valence-electron chi connectivity index (χ3n) is 3.21. The average Bonchev–Trinajstić information content (AvgIpc) is 2.50. The lowest BCUT2D eigenvalue weighted by atomic mass is 10.1. The van der Waals surface area contributed by atoms with Crippen molar-refractivity contribution < 1.29 is 13.2 Å². The molecule has 0 atom stereocenters. The second-order valence-electron chi connectivity index (χ2n) is 4.67. The van der Waals surface area contributed by atoms with Gasteiger partial charge in [0.05, 0.1) is 11.5 Å². The van der Waals surface area contributed by atoms with Crippen LogP contribution in [0.4, 0.5) is 5.69 Å². The number of hydrogen-bond donors (Lipinski definition) is 0. The standard InChI is InChI=1S/C13H17NO3S/c1-11-3-4-13(12(9-11)10-15)14-5-2-7-18(16,17)8-6-14/h3-4,9-10H,2,5-8H2,1H3. The van der Waals surface area contributed by atoms with Gasteiger partial charge in [-0.1, -0.05) is 11.6 Å². The predicted octanol–water partition coefficient (Wildman–Crippen LogP) is 1.43. The summed E-state index contributed by atoms with van der Waals surface area (Å²) < 4.78 is 23.1. The lowest BCUT2D eigenvalue weighted by Gasteiger charge is -2.23. The van der Waals surface area contributed by atoms with Crippen LogP contribution in [0.1, 0.15) is 22.3 Å². The van der Waals surface area contributed by atoms with Gasteiger partial charge in [0.25, 0.3) is 0 Å². The number of aryl methyl sites for hydroxylation is 1. The number of aldehydes is 1. The van der Waals surface area contributed by atoms with Crippen molar-refractivity contribution in [3.63, 3.8) is 0 Å². The molecule has 0 radical (unpaired) electrons. The van der Waals surface area contributed by atoms with Crippen molar-refractivity contribution in [3.05, 3.63) is 29.3 Å². The summed E-state index contributed by atoms with van der Waals surface area (Å²) in [6.45, 7) is 3.08. The fourth-order valence-electron chi connectivity index (χ4n) is 2.24. The summed E-state index contributed by atoms with van der Waals surface area (Å²) in [5, 5.41) is 0. The van der Waals surface area contributed by atoms with E-state index >= 15 is 0 Å². The molecule has 0 aliphatic carbocycles. The van der Waals surface area contributed by atoms with Crippen LogP contribution in [0.25, 0.3) is 0 Å². The highest BCUT2D eigenvalue weighted by atomic mass is 32.2. The Labute approximate surface area is 108 Å². The van der Waals surface area contributed by atoms with Gasteiger partial charge < -0.3 is 4.90 Å². The van der Waals surface area contributed by atoms with Crippen LogP contribution in [0, 0.1) is 6.92 Å². The summed E-state index contributed by atoms with van der Waals surface area (Å²) in [6.07, 6.45) is 1.45. The highest BCUT2D eigenvalue weighted by Gasteiger charge is 2.20. The summed E-state index contributed by atoms with van der Waals surface area (Å²) in [5.41, 5.74) is 2.50. The summed E-state index contributed by atoms with van der Waals surface area (Å²) in [4.78, 5) is 13.1. The number of anilines is 1. The molecule has 1 aromatic carbocycles. The molecule has 1 fully saturated rings. The summed E-state index contributed by atoms with van der Waals surface area (Å²) in [5.74, 6) is 0.408. The molecule has 0 amide bonds. The third kappa shape index (κ3) is 2.90. The minimum absolute atomic E-state index is 0.166. The molecular formula is C13H17NO3S. The Kier molecular flexibility index (Phi) is 3.71. The molecule has 0 bridgehead atoms. The van der Waals surface area contributed by atoms with E-state index in [-0.39, 0.29) is 11.5 Å². The van der Waals surface area contributed by atoms with Gasteiger partial charge in [0.2, 0.25) is 0 Å². The zero-order chi connectivity index (χ0) is 13.2. The zero-order valence-corrected chi connectivity index (χ0v) is 11.2. The summed E-state index contributed by atoms with van der Waals surface area (Å²) in [6, 6.07) is 5.68. The van der Waals surface area contributed by atoms with E-state index in [2.05, 4.69) is 0 Å². The topological polar surface area (TPSA) is 54.5 Å². The van der Waals surface area contributed by atoms with Gasteiger partial charge in [-0.25, -0.2) is 8.42 Å². The molecule has 2 rings (SSSR count). The molecule has 0 saturated carbocycles. The maximum absolute atomic E-state index is 11.6. The molecule has 1 heterocycles. The second kappa shape index (κ2) is 5.10. The largest absolute Gasteiger partial charge is 0.370 e. The van der Waals surface area contributed by atoms with Crippen LogP contribution < -0.4 is 4.90 Å². The fraction of sp³-hybridized carbons (Fsp3) is 0.462. The average molecular weight is 267 g/mol.